The van der Waals surface area contributed by atoms with E-state index in [0.29, 0.717) is 0 Å². The Hall–Kier alpha value is -0.420. The standard InChI is InChI=1S/C3H8N2O2S/c1-3(2-4)5-8(6)7/h3H,2,4H2,1H3. The lowest BCUT2D eigenvalue weighted by Crippen LogP contribution is -2.13. The maximum Gasteiger partial charge on any atom is 0.311 e. The van der Waals surface area contributed by atoms with Gasteiger partial charge in [-0.2, -0.15) is 12.8 Å². The monoisotopic (exact) mass is 136 g/mol. The molecular weight excluding hydrogens is 128 g/mol. The molecule has 2 N–H and O–H groups in total. The highest BCUT2D eigenvalue weighted by Crippen LogP contribution is 1.81. The van der Waals surface area contributed by atoms with Crippen molar-refractivity contribution in [2.75, 3.05) is 6.54 Å². The first-order valence-electron chi connectivity index (χ1n) is 2.17. The van der Waals surface area contributed by atoms with Gasteiger partial charge in [-0.05, 0) is 6.92 Å². The van der Waals surface area contributed by atoms with Gasteiger partial charge in [-0.1, -0.05) is 0 Å². The van der Waals surface area contributed by atoms with Crippen molar-refractivity contribution in [1.29, 1.82) is 0 Å². The van der Waals surface area contributed by atoms with Crippen LogP contribution in [0.15, 0.2) is 4.36 Å². The van der Waals surface area contributed by atoms with Crippen molar-refractivity contribution in [3.05, 3.63) is 0 Å². The molecule has 0 heterocycles. The zero-order valence-corrected chi connectivity index (χ0v) is 5.35. The van der Waals surface area contributed by atoms with Gasteiger partial charge in [0.05, 0.1) is 6.04 Å². The van der Waals surface area contributed by atoms with Gasteiger partial charge in [0.1, 0.15) is 0 Å². The first-order valence-corrected chi connectivity index (χ1v) is 3.20. The minimum absolute atomic E-state index is 0.272. The van der Waals surface area contributed by atoms with Crippen molar-refractivity contribution < 1.29 is 8.42 Å². The SMILES string of the molecule is CC(CN)N=S(=O)=O. The lowest BCUT2D eigenvalue weighted by Gasteiger charge is -1.91. The molecule has 0 fully saturated rings. The van der Waals surface area contributed by atoms with E-state index in [-0.39, 0.29) is 12.6 Å². The fourth-order valence-corrected chi connectivity index (χ4v) is 0.570. The average molecular weight is 136 g/mol. The van der Waals surface area contributed by atoms with Crippen LogP contribution in [0.4, 0.5) is 0 Å². The van der Waals surface area contributed by atoms with Gasteiger partial charge in [-0.15, -0.1) is 0 Å². The van der Waals surface area contributed by atoms with Crippen molar-refractivity contribution >= 4 is 10.5 Å². The molecule has 0 aromatic rings. The second kappa shape index (κ2) is 3.57. The van der Waals surface area contributed by atoms with Gasteiger partial charge in [-0.25, -0.2) is 0 Å². The second-order valence-corrected chi connectivity index (χ2v) is 2.05. The van der Waals surface area contributed by atoms with Crippen LogP contribution in [-0.4, -0.2) is 21.0 Å². The summed E-state index contributed by atoms with van der Waals surface area (Å²) in [6.45, 7) is 1.91. The van der Waals surface area contributed by atoms with Crippen molar-refractivity contribution in [3.8, 4) is 0 Å². The Labute approximate surface area is 49.4 Å². The predicted octanol–water partition coefficient (Wildman–Crippen LogP) is -0.604. The maximum atomic E-state index is 9.75. The van der Waals surface area contributed by atoms with Gasteiger partial charge in [0.25, 0.3) is 0 Å². The van der Waals surface area contributed by atoms with Gasteiger partial charge < -0.3 is 5.73 Å². The molecule has 48 valence electrons. The molecule has 0 saturated heterocycles. The van der Waals surface area contributed by atoms with E-state index in [9.17, 15) is 8.42 Å². The van der Waals surface area contributed by atoms with E-state index in [4.69, 9.17) is 5.73 Å². The Morgan fingerprint density at radius 3 is 2.38 bits per heavy atom. The molecule has 0 spiro atoms. The fraction of sp³-hybridized carbons (Fsp3) is 1.00. The van der Waals surface area contributed by atoms with Crippen LogP contribution in [-0.2, 0) is 10.5 Å². The zero-order valence-electron chi connectivity index (χ0n) is 4.53. The molecule has 0 aromatic heterocycles. The Bertz CT molecular complexity index is 164. The predicted molar refractivity (Wildman–Crippen MR) is 29.9 cm³/mol. The molecule has 0 bridgehead atoms. The Kier molecular flexibility index (Phi) is 3.38. The lowest BCUT2D eigenvalue weighted by atomic mass is 10.4. The molecule has 8 heavy (non-hydrogen) atoms. The summed E-state index contributed by atoms with van der Waals surface area (Å²) in [6.07, 6.45) is 0. The zero-order chi connectivity index (χ0) is 6.57. The van der Waals surface area contributed by atoms with Gasteiger partial charge in [-0.3, -0.25) is 0 Å². The Balaban J connectivity index is 3.89. The highest BCUT2D eigenvalue weighted by molar-refractivity contribution is 7.61. The molecule has 0 aromatic carbocycles. The summed E-state index contributed by atoms with van der Waals surface area (Å²) in [7, 11) is -2.30. The van der Waals surface area contributed by atoms with E-state index >= 15 is 0 Å². The van der Waals surface area contributed by atoms with Crippen LogP contribution in [0.1, 0.15) is 6.92 Å². The smallest absolute Gasteiger partial charge is 0.311 e. The maximum absolute atomic E-state index is 9.75. The number of rotatable bonds is 2. The third-order valence-electron chi connectivity index (χ3n) is 0.607. The molecule has 0 aliphatic rings. The first kappa shape index (κ1) is 7.58. The number of nitrogens with two attached hydrogens (primary N) is 1. The highest BCUT2D eigenvalue weighted by atomic mass is 32.2. The molecule has 0 aliphatic heterocycles. The van der Waals surface area contributed by atoms with E-state index in [1.54, 1.807) is 6.92 Å². The van der Waals surface area contributed by atoms with Crippen molar-refractivity contribution in [3.63, 3.8) is 0 Å². The molecule has 1 unspecified atom stereocenters. The summed E-state index contributed by atoms with van der Waals surface area (Å²) in [5, 5.41) is 0. The molecule has 0 saturated carbocycles. The van der Waals surface area contributed by atoms with Gasteiger partial charge in [0.15, 0.2) is 0 Å². The van der Waals surface area contributed by atoms with Gasteiger partial charge in [0, 0.05) is 6.54 Å². The van der Waals surface area contributed by atoms with E-state index < -0.39 is 10.5 Å². The van der Waals surface area contributed by atoms with Gasteiger partial charge >= 0.3 is 10.5 Å². The summed E-state index contributed by atoms with van der Waals surface area (Å²) in [4.78, 5) is 0. The highest BCUT2D eigenvalue weighted by Gasteiger charge is 1.91. The van der Waals surface area contributed by atoms with Crippen molar-refractivity contribution in [2.45, 2.75) is 13.0 Å². The number of nitrogens with zero attached hydrogens (tertiary/aromatic N) is 1. The molecule has 0 aliphatic carbocycles. The van der Waals surface area contributed by atoms with Crippen LogP contribution in [0.5, 0.6) is 0 Å². The Morgan fingerprint density at radius 2 is 2.25 bits per heavy atom. The summed E-state index contributed by atoms with van der Waals surface area (Å²) >= 11 is 0. The van der Waals surface area contributed by atoms with E-state index in [1.165, 1.54) is 0 Å². The summed E-state index contributed by atoms with van der Waals surface area (Å²) in [6, 6.07) is -0.284. The number of hydrogen-bond acceptors (Lipinski definition) is 4. The third-order valence-corrected chi connectivity index (χ3v) is 1.14. The molecule has 4 nitrogen and oxygen atoms in total. The third kappa shape index (κ3) is 3.76. The largest absolute Gasteiger partial charge is 0.328 e. The molecular formula is C3H8N2O2S. The minimum atomic E-state index is -2.30. The van der Waals surface area contributed by atoms with Crippen LogP contribution in [0.2, 0.25) is 0 Å². The minimum Gasteiger partial charge on any atom is -0.328 e. The van der Waals surface area contributed by atoms with Crippen molar-refractivity contribution in [2.24, 2.45) is 10.1 Å². The normalized spacial score (nSPS) is 12.8. The molecule has 0 amide bonds. The summed E-state index contributed by atoms with van der Waals surface area (Å²) < 4.78 is 22.7. The average Bonchev–Trinajstić information content (AvgIpc) is 1.65. The van der Waals surface area contributed by atoms with Crippen LogP contribution >= 0.6 is 0 Å². The van der Waals surface area contributed by atoms with E-state index in [0.717, 1.165) is 0 Å². The van der Waals surface area contributed by atoms with Crippen LogP contribution in [0.25, 0.3) is 0 Å². The fourth-order valence-electron chi connectivity index (χ4n) is 0.190. The van der Waals surface area contributed by atoms with Crippen molar-refractivity contribution in [1.82, 2.24) is 0 Å². The molecule has 5 heteroatoms. The summed E-state index contributed by atoms with van der Waals surface area (Å²) in [5.41, 5.74) is 5.05. The molecule has 1 atom stereocenters. The quantitative estimate of drug-likeness (QED) is 0.550. The van der Waals surface area contributed by atoms with Crippen LogP contribution in [0.3, 0.4) is 0 Å². The number of hydrogen-bond donors (Lipinski definition) is 1. The van der Waals surface area contributed by atoms with Crippen LogP contribution in [0, 0.1) is 0 Å². The first-order chi connectivity index (χ1) is 3.66. The Morgan fingerprint density at radius 1 is 1.75 bits per heavy atom. The lowest BCUT2D eigenvalue weighted by molar-refractivity contribution is 0.614. The van der Waals surface area contributed by atoms with E-state index in [1.807, 2.05) is 0 Å². The molecule has 0 radical (unpaired) electrons. The van der Waals surface area contributed by atoms with E-state index in [2.05, 4.69) is 4.36 Å². The van der Waals surface area contributed by atoms with Gasteiger partial charge in [0.2, 0.25) is 0 Å². The molecule has 0 rings (SSSR count). The van der Waals surface area contributed by atoms with Crippen LogP contribution < -0.4 is 5.73 Å². The second-order valence-electron chi connectivity index (χ2n) is 1.41. The topological polar surface area (TPSA) is 72.5 Å². The summed E-state index contributed by atoms with van der Waals surface area (Å²) in [5.74, 6) is 0.